The number of ether oxygens (including phenoxy) is 1. The minimum atomic E-state index is -0.366. The molecule has 0 bridgehead atoms. The Bertz CT molecular complexity index is 1210. The number of nitrogens with zero attached hydrogens (tertiary/aromatic N) is 1. The molecule has 0 radical (unpaired) electrons. The zero-order valence-electron chi connectivity index (χ0n) is 15.1. The normalized spacial score (nSPS) is 10.9. The molecule has 6 nitrogen and oxygen atoms in total. The smallest absolute Gasteiger partial charge is 0.265 e. The third kappa shape index (κ3) is 4.12. The molecule has 4 rings (SSSR count). The lowest BCUT2D eigenvalue weighted by Gasteiger charge is -2.11. The number of aromatic amines is 1. The van der Waals surface area contributed by atoms with E-state index in [9.17, 15) is 4.79 Å². The number of amides is 1. The number of fused-ring (bicyclic) bond motifs is 1. The molecular formula is C21H16BrClN4O2. The van der Waals surface area contributed by atoms with Gasteiger partial charge < -0.3 is 9.72 Å². The molecule has 0 atom stereocenters. The molecule has 0 aliphatic carbocycles. The summed E-state index contributed by atoms with van der Waals surface area (Å²) in [6.45, 7) is 0.329. The molecule has 0 fully saturated rings. The van der Waals surface area contributed by atoms with Crippen LogP contribution in [-0.4, -0.2) is 15.9 Å². The third-order valence-corrected chi connectivity index (χ3v) is 5.27. The lowest BCUT2D eigenvalue weighted by atomic mass is 10.2. The molecule has 4 N–H and O–H groups in total. The van der Waals surface area contributed by atoms with Crippen LogP contribution in [-0.2, 0) is 6.61 Å². The number of carbonyl (C=O) groups is 1. The number of nitrogens with one attached hydrogen (secondary N) is 2. The van der Waals surface area contributed by atoms with E-state index < -0.39 is 0 Å². The largest absolute Gasteiger partial charge is 0.488 e. The molecule has 1 heterocycles. The summed E-state index contributed by atoms with van der Waals surface area (Å²) in [5.41, 5.74) is 5.70. The number of nitrogen functional groups attached to an aromatic ring is 1. The van der Waals surface area contributed by atoms with Crippen LogP contribution in [0.3, 0.4) is 0 Å². The van der Waals surface area contributed by atoms with Gasteiger partial charge in [0.2, 0.25) is 0 Å². The van der Waals surface area contributed by atoms with Crippen LogP contribution in [0.4, 0.5) is 0 Å². The number of nitrogens with two attached hydrogens (primary N) is 1. The van der Waals surface area contributed by atoms with E-state index in [2.05, 4.69) is 31.3 Å². The molecule has 8 heteroatoms. The minimum Gasteiger partial charge on any atom is -0.488 e. The van der Waals surface area contributed by atoms with Crippen molar-refractivity contribution in [2.75, 3.05) is 0 Å². The summed E-state index contributed by atoms with van der Waals surface area (Å²) in [7, 11) is 0. The molecule has 146 valence electrons. The Balaban J connectivity index is 1.70. The van der Waals surface area contributed by atoms with Crippen LogP contribution in [0.25, 0.3) is 22.4 Å². The van der Waals surface area contributed by atoms with Gasteiger partial charge in [0, 0.05) is 20.6 Å². The lowest BCUT2D eigenvalue weighted by Crippen LogP contribution is -2.29. The topological polar surface area (TPSA) is 93.0 Å². The fourth-order valence-corrected chi connectivity index (χ4v) is 3.50. The van der Waals surface area contributed by atoms with Gasteiger partial charge in [0.15, 0.2) is 0 Å². The highest BCUT2D eigenvalue weighted by atomic mass is 79.9. The van der Waals surface area contributed by atoms with E-state index in [0.717, 1.165) is 26.6 Å². The van der Waals surface area contributed by atoms with Gasteiger partial charge >= 0.3 is 0 Å². The average molecular weight is 472 g/mol. The number of H-pyrrole nitrogens is 1. The molecule has 0 unspecified atom stereocenters. The Morgan fingerprint density at radius 2 is 2.00 bits per heavy atom. The van der Waals surface area contributed by atoms with Gasteiger partial charge in [-0.05, 0) is 42.5 Å². The van der Waals surface area contributed by atoms with Crippen molar-refractivity contribution in [1.82, 2.24) is 15.4 Å². The first kappa shape index (κ1) is 19.4. The Morgan fingerprint density at radius 3 is 2.79 bits per heavy atom. The van der Waals surface area contributed by atoms with Gasteiger partial charge in [-0.25, -0.2) is 10.8 Å². The molecule has 0 aliphatic rings. The van der Waals surface area contributed by atoms with Crippen LogP contribution < -0.4 is 16.0 Å². The van der Waals surface area contributed by atoms with Gasteiger partial charge in [-0.2, -0.15) is 0 Å². The van der Waals surface area contributed by atoms with E-state index in [-0.39, 0.29) is 5.91 Å². The van der Waals surface area contributed by atoms with Crippen molar-refractivity contribution in [3.63, 3.8) is 0 Å². The van der Waals surface area contributed by atoms with Crippen molar-refractivity contribution in [3.8, 4) is 17.1 Å². The quantitative estimate of drug-likeness (QED) is 0.221. The summed E-state index contributed by atoms with van der Waals surface area (Å²) < 4.78 is 6.93. The Hall–Kier alpha value is -2.87. The van der Waals surface area contributed by atoms with E-state index >= 15 is 0 Å². The second-order valence-corrected chi connectivity index (χ2v) is 7.63. The molecule has 1 amide bonds. The maximum atomic E-state index is 11.8. The van der Waals surface area contributed by atoms with Crippen molar-refractivity contribution < 1.29 is 9.53 Å². The number of halogens is 2. The zero-order chi connectivity index (χ0) is 20.4. The van der Waals surface area contributed by atoms with Crippen LogP contribution in [0.5, 0.6) is 5.75 Å². The molecule has 3 aromatic carbocycles. The van der Waals surface area contributed by atoms with Gasteiger partial charge in [0.1, 0.15) is 18.2 Å². The number of hydrogen-bond acceptors (Lipinski definition) is 4. The van der Waals surface area contributed by atoms with Gasteiger partial charge in [-0.15, -0.1) is 0 Å². The van der Waals surface area contributed by atoms with E-state index in [0.29, 0.717) is 28.8 Å². The SMILES string of the molecule is NNC(=O)c1ccc2nc(-c3cc(Br)ccc3OCc3ccccc3Cl)[nH]c2c1. The predicted octanol–water partition coefficient (Wildman–Crippen LogP) is 4.83. The van der Waals surface area contributed by atoms with Crippen LogP contribution in [0, 0.1) is 0 Å². The van der Waals surface area contributed by atoms with E-state index in [1.807, 2.05) is 42.5 Å². The van der Waals surface area contributed by atoms with Crippen LogP contribution in [0.2, 0.25) is 5.02 Å². The molecular weight excluding hydrogens is 456 g/mol. The fraction of sp³-hybridized carbons (Fsp3) is 0.0476. The molecule has 0 spiro atoms. The number of carbonyl (C=O) groups excluding carboxylic acids is 1. The summed E-state index contributed by atoms with van der Waals surface area (Å²) in [5.74, 6) is 6.13. The lowest BCUT2D eigenvalue weighted by molar-refractivity contribution is 0.0954. The number of hydrazine groups is 1. The van der Waals surface area contributed by atoms with Crippen molar-refractivity contribution in [1.29, 1.82) is 0 Å². The highest BCUT2D eigenvalue weighted by Gasteiger charge is 2.14. The Kier molecular flexibility index (Phi) is 5.53. The molecule has 0 saturated heterocycles. The van der Waals surface area contributed by atoms with Gasteiger partial charge in [-0.1, -0.05) is 45.7 Å². The number of rotatable bonds is 5. The average Bonchev–Trinajstić information content (AvgIpc) is 3.16. The summed E-state index contributed by atoms with van der Waals surface area (Å²) >= 11 is 9.73. The first-order valence-electron chi connectivity index (χ1n) is 8.72. The maximum Gasteiger partial charge on any atom is 0.265 e. The van der Waals surface area contributed by atoms with E-state index in [1.54, 1.807) is 18.2 Å². The molecule has 4 aromatic rings. The van der Waals surface area contributed by atoms with Gasteiger partial charge in [-0.3, -0.25) is 10.2 Å². The van der Waals surface area contributed by atoms with Crippen molar-refractivity contribution >= 4 is 44.5 Å². The number of imidazole rings is 1. The predicted molar refractivity (Wildman–Crippen MR) is 117 cm³/mol. The van der Waals surface area contributed by atoms with Crippen molar-refractivity contribution in [3.05, 3.63) is 81.3 Å². The molecule has 0 aliphatic heterocycles. The third-order valence-electron chi connectivity index (χ3n) is 4.41. The maximum absolute atomic E-state index is 11.8. The highest BCUT2D eigenvalue weighted by molar-refractivity contribution is 9.10. The standard InChI is InChI=1S/C21H16BrClN4O2/c22-14-6-8-19(29-11-13-3-1-2-4-16(13)23)15(10-14)20-25-17-7-5-12(21(28)27-24)9-18(17)26-20/h1-10H,11,24H2,(H,25,26)(H,27,28). The number of aromatic nitrogens is 2. The molecule has 0 saturated carbocycles. The Morgan fingerprint density at radius 1 is 1.17 bits per heavy atom. The first-order valence-corrected chi connectivity index (χ1v) is 9.89. The monoisotopic (exact) mass is 470 g/mol. The van der Waals surface area contributed by atoms with E-state index in [4.69, 9.17) is 22.2 Å². The number of benzene rings is 3. The van der Waals surface area contributed by atoms with E-state index in [1.165, 1.54) is 0 Å². The van der Waals surface area contributed by atoms with Crippen molar-refractivity contribution in [2.24, 2.45) is 5.84 Å². The second-order valence-electron chi connectivity index (χ2n) is 6.31. The van der Waals surface area contributed by atoms with Crippen LogP contribution >= 0.6 is 27.5 Å². The van der Waals surface area contributed by atoms with Crippen molar-refractivity contribution in [2.45, 2.75) is 6.61 Å². The Labute approximate surface area is 180 Å². The summed E-state index contributed by atoms with van der Waals surface area (Å²) in [5, 5.41) is 0.653. The first-order chi connectivity index (χ1) is 14.0. The van der Waals surface area contributed by atoms with Crippen LogP contribution in [0.15, 0.2) is 65.1 Å². The summed E-state index contributed by atoms with van der Waals surface area (Å²) in [6, 6.07) is 18.4. The van der Waals surface area contributed by atoms with Gasteiger partial charge in [0.25, 0.3) is 5.91 Å². The minimum absolute atomic E-state index is 0.329. The molecule has 29 heavy (non-hydrogen) atoms. The molecule has 1 aromatic heterocycles. The number of hydrogen-bond donors (Lipinski definition) is 3. The van der Waals surface area contributed by atoms with Gasteiger partial charge in [0.05, 0.1) is 16.6 Å². The fourth-order valence-electron chi connectivity index (χ4n) is 2.95. The summed E-state index contributed by atoms with van der Waals surface area (Å²) in [6.07, 6.45) is 0. The zero-order valence-corrected chi connectivity index (χ0v) is 17.4. The summed E-state index contributed by atoms with van der Waals surface area (Å²) in [4.78, 5) is 19.7. The highest BCUT2D eigenvalue weighted by Crippen LogP contribution is 2.33. The van der Waals surface area contributed by atoms with Crippen LogP contribution in [0.1, 0.15) is 15.9 Å². The second kappa shape index (κ2) is 8.24.